The van der Waals surface area contributed by atoms with Crippen molar-refractivity contribution in [1.29, 1.82) is 0 Å². The number of halogens is 2. The average molecular weight is 264 g/mol. The maximum Gasteiger partial charge on any atom is 0.377 e. The molecule has 0 amide bonds. The van der Waals surface area contributed by atoms with Gasteiger partial charge in [-0.15, -0.1) is 0 Å². The smallest absolute Gasteiger partial charge is 0.377 e. The number of nitrogens with one attached hydrogen (secondary N) is 1. The topological polar surface area (TPSA) is 41.6 Å². The first-order valence-electron chi connectivity index (χ1n) is 6.33. The molecule has 1 rings (SSSR count). The predicted molar refractivity (Wildman–Crippen MR) is 64.7 cm³/mol. The number of rotatable bonds is 7. The van der Waals surface area contributed by atoms with Gasteiger partial charge in [0, 0.05) is 12.6 Å². The minimum absolute atomic E-state index is 0.298. The third-order valence-electron chi connectivity index (χ3n) is 3.17. The molecule has 0 aromatic heterocycles. The molecule has 0 aromatic carbocycles. The van der Waals surface area contributed by atoms with Crippen LogP contribution in [0.2, 0.25) is 0 Å². The highest BCUT2D eigenvalue weighted by atomic mass is 19.3. The Morgan fingerprint density at radius 3 is 2.72 bits per heavy atom. The quantitative estimate of drug-likeness (QED) is 0.555. The van der Waals surface area contributed by atoms with Gasteiger partial charge in [0.15, 0.2) is 0 Å². The summed E-state index contributed by atoms with van der Waals surface area (Å²) in [4.78, 5) is 13.0. The zero-order valence-corrected chi connectivity index (χ0v) is 11.2. The fourth-order valence-electron chi connectivity index (χ4n) is 1.74. The van der Waals surface area contributed by atoms with Crippen molar-refractivity contribution in [2.24, 2.45) is 0 Å². The molecule has 1 saturated heterocycles. The molecule has 0 bridgehead atoms. The van der Waals surface area contributed by atoms with Crippen LogP contribution in [0.15, 0.2) is 0 Å². The summed E-state index contributed by atoms with van der Waals surface area (Å²) in [5.74, 6) is -4.70. The van der Waals surface area contributed by atoms with Crippen LogP contribution in [0.5, 0.6) is 0 Å². The Hall–Kier alpha value is -0.750. The Morgan fingerprint density at radius 1 is 1.56 bits per heavy atom. The molecule has 4 nitrogen and oxygen atoms in total. The summed E-state index contributed by atoms with van der Waals surface area (Å²) < 4.78 is 30.3. The van der Waals surface area contributed by atoms with E-state index in [9.17, 15) is 13.6 Å². The fourth-order valence-corrected chi connectivity index (χ4v) is 1.74. The Balaban J connectivity index is 2.08. The van der Waals surface area contributed by atoms with Crippen molar-refractivity contribution in [1.82, 2.24) is 10.2 Å². The SMILES string of the molecule is CC(C)N(C)CCCNCC1CC(F)(F)C(=O)O1. The minimum atomic E-state index is -3.30. The van der Waals surface area contributed by atoms with E-state index in [0.717, 1.165) is 19.5 Å². The monoisotopic (exact) mass is 264 g/mol. The van der Waals surface area contributed by atoms with E-state index in [1.165, 1.54) is 0 Å². The molecular weight excluding hydrogens is 242 g/mol. The fraction of sp³-hybridized carbons (Fsp3) is 0.917. The lowest BCUT2D eigenvalue weighted by molar-refractivity contribution is -0.159. The van der Waals surface area contributed by atoms with Crippen LogP contribution in [0.3, 0.4) is 0 Å². The molecule has 1 atom stereocenters. The molecule has 0 aliphatic carbocycles. The molecule has 1 N–H and O–H groups in total. The number of esters is 1. The second kappa shape index (κ2) is 6.43. The molecule has 106 valence electrons. The second-order valence-electron chi connectivity index (χ2n) is 5.07. The third-order valence-corrected chi connectivity index (χ3v) is 3.17. The molecule has 0 aromatic rings. The average Bonchev–Trinajstić information content (AvgIpc) is 2.51. The predicted octanol–water partition coefficient (Wildman–Crippen LogP) is 1.26. The Bertz CT molecular complexity index is 285. The van der Waals surface area contributed by atoms with Gasteiger partial charge in [0.2, 0.25) is 0 Å². The Kier molecular flexibility index (Phi) is 5.47. The summed E-state index contributed by atoms with van der Waals surface area (Å²) in [6, 6.07) is 0.500. The first-order valence-corrected chi connectivity index (χ1v) is 6.33. The summed E-state index contributed by atoms with van der Waals surface area (Å²) in [6.45, 7) is 6.22. The van der Waals surface area contributed by atoms with Gasteiger partial charge >= 0.3 is 11.9 Å². The van der Waals surface area contributed by atoms with Crippen molar-refractivity contribution in [2.45, 2.75) is 44.8 Å². The molecule has 1 aliphatic heterocycles. The maximum absolute atomic E-state index is 12.8. The van der Waals surface area contributed by atoms with Gasteiger partial charge < -0.3 is 15.0 Å². The molecule has 1 aliphatic rings. The van der Waals surface area contributed by atoms with Crippen LogP contribution in [-0.4, -0.2) is 55.6 Å². The highest BCUT2D eigenvalue weighted by Crippen LogP contribution is 2.30. The number of hydrogen-bond acceptors (Lipinski definition) is 4. The van der Waals surface area contributed by atoms with Gasteiger partial charge in [0.05, 0.1) is 6.42 Å². The van der Waals surface area contributed by atoms with Gasteiger partial charge in [-0.05, 0) is 40.4 Å². The lowest BCUT2D eigenvalue weighted by Gasteiger charge is -2.20. The van der Waals surface area contributed by atoms with E-state index in [2.05, 4.69) is 28.8 Å². The number of carbonyl (C=O) groups is 1. The Morgan fingerprint density at radius 2 is 2.22 bits per heavy atom. The lowest BCUT2D eigenvalue weighted by Crippen LogP contribution is -2.32. The van der Waals surface area contributed by atoms with Crippen LogP contribution < -0.4 is 5.32 Å². The zero-order valence-electron chi connectivity index (χ0n) is 11.2. The van der Waals surface area contributed by atoms with E-state index in [0.29, 0.717) is 12.6 Å². The van der Waals surface area contributed by atoms with Crippen molar-refractivity contribution in [2.75, 3.05) is 26.7 Å². The van der Waals surface area contributed by atoms with Crippen LogP contribution >= 0.6 is 0 Å². The molecule has 0 spiro atoms. The molecular formula is C12H22F2N2O2. The van der Waals surface area contributed by atoms with Crippen LogP contribution in [0.25, 0.3) is 0 Å². The summed E-state index contributed by atoms with van der Waals surface area (Å²) in [6.07, 6.45) is -0.272. The van der Waals surface area contributed by atoms with E-state index < -0.39 is 24.4 Å². The standard InChI is InChI=1S/C12H22F2N2O2/c1-9(2)16(3)6-4-5-15-8-10-7-12(13,14)11(17)18-10/h9-10,15H,4-8H2,1-3H3. The number of cyclic esters (lactones) is 1. The number of carbonyl (C=O) groups excluding carboxylic acids is 1. The molecule has 1 unspecified atom stereocenters. The zero-order chi connectivity index (χ0) is 13.8. The highest BCUT2D eigenvalue weighted by molar-refractivity contribution is 5.79. The van der Waals surface area contributed by atoms with Gasteiger partial charge in [-0.25, -0.2) is 4.79 Å². The largest absolute Gasteiger partial charge is 0.456 e. The van der Waals surface area contributed by atoms with E-state index in [-0.39, 0.29) is 0 Å². The highest BCUT2D eigenvalue weighted by Gasteiger charge is 2.50. The number of alkyl halides is 2. The molecule has 1 heterocycles. The first kappa shape index (κ1) is 15.3. The molecule has 6 heteroatoms. The summed E-state index contributed by atoms with van der Waals surface area (Å²) in [5, 5.41) is 3.04. The van der Waals surface area contributed by atoms with Crippen molar-refractivity contribution in [3.05, 3.63) is 0 Å². The van der Waals surface area contributed by atoms with Crippen LogP contribution in [-0.2, 0) is 9.53 Å². The minimum Gasteiger partial charge on any atom is -0.456 e. The number of ether oxygens (including phenoxy) is 1. The van der Waals surface area contributed by atoms with Crippen LogP contribution in [0, 0.1) is 0 Å². The number of hydrogen-bond donors (Lipinski definition) is 1. The van der Waals surface area contributed by atoms with Crippen molar-refractivity contribution >= 4 is 5.97 Å². The Labute approximate surface area is 107 Å². The summed E-state index contributed by atoms with van der Waals surface area (Å²) in [5.41, 5.74) is 0. The van der Waals surface area contributed by atoms with Crippen molar-refractivity contribution < 1.29 is 18.3 Å². The summed E-state index contributed by atoms with van der Waals surface area (Å²) in [7, 11) is 2.05. The molecule has 18 heavy (non-hydrogen) atoms. The van der Waals surface area contributed by atoms with Crippen molar-refractivity contribution in [3.8, 4) is 0 Å². The second-order valence-corrected chi connectivity index (χ2v) is 5.07. The van der Waals surface area contributed by atoms with E-state index in [1.54, 1.807) is 0 Å². The van der Waals surface area contributed by atoms with Crippen LogP contribution in [0.1, 0.15) is 26.7 Å². The van der Waals surface area contributed by atoms with E-state index in [4.69, 9.17) is 0 Å². The van der Waals surface area contributed by atoms with E-state index in [1.807, 2.05) is 7.05 Å². The van der Waals surface area contributed by atoms with Gasteiger partial charge in [-0.1, -0.05) is 0 Å². The third kappa shape index (κ3) is 4.49. The van der Waals surface area contributed by atoms with Gasteiger partial charge in [-0.3, -0.25) is 0 Å². The van der Waals surface area contributed by atoms with Gasteiger partial charge in [0.1, 0.15) is 6.10 Å². The summed E-state index contributed by atoms with van der Waals surface area (Å²) >= 11 is 0. The molecule has 1 fully saturated rings. The maximum atomic E-state index is 12.8. The first-order chi connectivity index (χ1) is 8.33. The number of nitrogens with zero attached hydrogens (tertiary/aromatic N) is 1. The van der Waals surface area contributed by atoms with Crippen LogP contribution in [0.4, 0.5) is 8.78 Å². The lowest BCUT2D eigenvalue weighted by atomic mass is 10.2. The van der Waals surface area contributed by atoms with Crippen molar-refractivity contribution in [3.63, 3.8) is 0 Å². The normalized spacial score (nSPS) is 22.8. The van der Waals surface area contributed by atoms with Gasteiger partial charge in [-0.2, -0.15) is 8.78 Å². The molecule has 0 saturated carbocycles. The van der Waals surface area contributed by atoms with Gasteiger partial charge in [0.25, 0.3) is 0 Å². The molecule has 0 radical (unpaired) electrons. The van der Waals surface area contributed by atoms with E-state index >= 15 is 0 Å².